The second-order valence-electron chi connectivity index (χ2n) is 27.1. The Bertz CT molecular complexity index is 2820. The van der Waals surface area contributed by atoms with Crippen LogP contribution in [0.25, 0.3) is 0 Å². The van der Waals surface area contributed by atoms with Gasteiger partial charge < -0.3 is 95.6 Å². The summed E-state index contributed by atoms with van der Waals surface area (Å²) >= 11 is 0. The summed E-state index contributed by atoms with van der Waals surface area (Å²) in [6.45, 7) is 9.19. The molecule has 25 heteroatoms. The first kappa shape index (κ1) is 81.3. The zero-order valence-corrected chi connectivity index (χ0v) is 57.4. The van der Waals surface area contributed by atoms with Gasteiger partial charge in [0.15, 0.2) is 17.9 Å². The number of likely N-dealkylation sites (tertiary alicyclic amines) is 1. The first-order valence-electron chi connectivity index (χ1n) is 35.0. The van der Waals surface area contributed by atoms with Crippen LogP contribution < -0.4 is 10.6 Å². The maximum absolute atomic E-state index is 14.7. The highest BCUT2D eigenvalue weighted by Crippen LogP contribution is 2.39. The van der Waals surface area contributed by atoms with Crippen LogP contribution in [0, 0.1) is 17.8 Å². The highest BCUT2D eigenvalue weighted by atomic mass is 16.7. The number of piperazine rings is 1. The van der Waals surface area contributed by atoms with E-state index in [1.807, 2.05) is 24.8 Å². The lowest BCUT2D eigenvalue weighted by atomic mass is 9.81. The highest BCUT2D eigenvalue weighted by molar-refractivity contribution is 5.96. The van der Waals surface area contributed by atoms with Crippen molar-refractivity contribution < 1.29 is 99.1 Å². The number of aliphatic hydroxyl groups is 11. The summed E-state index contributed by atoms with van der Waals surface area (Å²) < 4.78 is 25.0. The highest BCUT2D eigenvalue weighted by Gasteiger charge is 2.52. The molecule has 1 aromatic carbocycles. The topological polar surface area (TPSA) is 379 Å². The van der Waals surface area contributed by atoms with E-state index >= 15 is 0 Å². The monoisotopic (exact) mass is 1380 g/mol. The van der Waals surface area contributed by atoms with E-state index in [0.717, 1.165) is 38.0 Å². The van der Waals surface area contributed by atoms with Crippen molar-refractivity contribution in [1.29, 1.82) is 0 Å². The van der Waals surface area contributed by atoms with E-state index < -0.39 is 172 Å². The fourth-order valence-corrected chi connectivity index (χ4v) is 13.4. The van der Waals surface area contributed by atoms with Crippen LogP contribution in [0.3, 0.4) is 0 Å². The summed E-state index contributed by atoms with van der Waals surface area (Å²) in [6.07, 6.45) is 5.58. The standard InChI is InChI=1S/C73H111N5O20/c1-48-20-16-13-11-9-7-5-6-8-10-12-14-17-21-60(96-72-69(92)67(68(91)50(3)95-72)75-64(89)28-31-76-29-18-15-19-30-76)45-63-66(71(93)78-34-32-77(33-35-78)36-37-79)62(88)47-73(94,98-63)46-59(86)42-57(84)40-55(82)38-54(81)39-56(83)41-58(85)44-65(90)97-70(48)49(2)22-27-53(80)43-61(87)51-23-25-52(74-4)26-24-51/h5-14,16-17,20-21,23-26,48-50,53-55,57-60,62-63,66-70,72,74,79-82,84-86,88,91-92,94H,15,18-19,22,27-47H2,1-4H3,(H,75,89)/b6-5+,9-7+,10-8+,13-11+,14-12+,20-16+,21-17+/t48?,49?,50-,53?,54?,55?,57?,58?,59?,60?,62?,63?,66?,67+,68-,69+,70?,72+,73?/m1/s1. The Labute approximate surface area is 576 Å². The third-order valence-corrected chi connectivity index (χ3v) is 18.8. The number of ether oxygens (including phenoxy) is 4. The lowest BCUT2D eigenvalue weighted by Crippen LogP contribution is -2.64. The van der Waals surface area contributed by atoms with Crippen LogP contribution in [0.5, 0.6) is 0 Å². The Morgan fingerprint density at radius 2 is 1.26 bits per heavy atom. The van der Waals surface area contributed by atoms with Gasteiger partial charge in [0.2, 0.25) is 11.8 Å². The zero-order valence-electron chi connectivity index (χ0n) is 57.4. The molecule has 6 rings (SSSR count). The number of Topliss-reactive ketones (excluding diaryl/α,β-unsaturated/α-hetero) is 2. The minimum absolute atomic E-state index is 0.0802. The molecule has 548 valence electrons. The number of allylic oxidation sites excluding steroid dienone is 12. The van der Waals surface area contributed by atoms with Gasteiger partial charge in [-0.05, 0) is 95.1 Å². The number of esters is 1. The van der Waals surface area contributed by atoms with Crippen molar-refractivity contribution in [2.75, 3.05) is 71.3 Å². The van der Waals surface area contributed by atoms with Gasteiger partial charge in [0, 0.05) is 108 Å². The molecule has 2 bridgehead atoms. The summed E-state index contributed by atoms with van der Waals surface area (Å²) in [4.78, 5) is 73.5. The van der Waals surface area contributed by atoms with Crippen LogP contribution in [0.15, 0.2) is 109 Å². The number of piperidine rings is 1. The van der Waals surface area contributed by atoms with Gasteiger partial charge in [-0.2, -0.15) is 0 Å². The van der Waals surface area contributed by atoms with E-state index in [4.69, 9.17) is 18.9 Å². The number of anilines is 1. The van der Waals surface area contributed by atoms with Crippen LogP contribution in [-0.4, -0.2) is 264 Å². The molecule has 98 heavy (non-hydrogen) atoms. The molecule has 0 spiro atoms. The maximum atomic E-state index is 14.7. The molecule has 0 aromatic heterocycles. The summed E-state index contributed by atoms with van der Waals surface area (Å²) in [5.41, 5.74) is 1.30. The number of carbonyl (C=O) groups is 5. The van der Waals surface area contributed by atoms with Crippen molar-refractivity contribution in [3.8, 4) is 0 Å². The molecule has 0 saturated carbocycles. The number of ketones is 2. The van der Waals surface area contributed by atoms with Crippen LogP contribution in [0.1, 0.15) is 134 Å². The van der Waals surface area contributed by atoms with E-state index in [1.165, 1.54) is 0 Å². The number of aliphatic hydroxyl groups excluding tert-OH is 10. The van der Waals surface area contributed by atoms with Gasteiger partial charge in [0.05, 0.1) is 86.0 Å². The average molecular weight is 1380 g/mol. The lowest BCUT2D eigenvalue weighted by Gasteiger charge is -2.47. The molecule has 25 nitrogen and oxygen atoms in total. The maximum Gasteiger partial charge on any atom is 0.308 e. The molecule has 5 aliphatic heterocycles. The molecule has 5 heterocycles. The SMILES string of the molecule is CNc1ccc(C(=O)CC(O)CCC(C)C2OC(=O)CC(O)CC(=O)CC(O)CC(O)CC(O)CC(O)CC3(O)CC(O)C(C(=O)N4CCN(CCO)CC4)C(CC(O[C@@H]4O[C@H](C)[C@@H](O)[C@H](NC(=O)CCN5CCCCC5)[C@@H]4O)/C=C/C=C/C=C/C=C/C=C/C=C/C=C/C2C)O3)cc1. The fraction of sp³-hybridized carbons (Fsp3) is 0.658. The number of cyclic esters (lactones) is 1. The van der Waals surface area contributed by atoms with Crippen molar-refractivity contribution in [3.05, 3.63) is 115 Å². The number of benzene rings is 1. The number of nitrogens with zero attached hydrogens (tertiary/aromatic N) is 3. The molecule has 4 saturated heterocycles. The Morgan fingerprint density at radius 1 is 0.673 bits per heavy atom. The average Bonchev–Trinajstić information content (AvgIpc) is 0.773. The molecule has 5 aliphatic rings. The Hall–Kier alpha value is -5.69. The molecule has 4 fully saturated rings. The number of amides is 2. The zero-order chi connectivity index (χ0) is 71.3. The molecule has 0 radical (unpaired) electrons. The number of hydrogen-bond donors (Lipinski definition) is 13. The second-order valence-corrected chi connectivity index (χ2v) is 27.1. The van der Waals surface area contributed by atoms with Gasteiger partial charge in [0.1, 0.15) is 24.1 Å². The van der Waals surface area contributed by atoms with Crippen LogP contribution in [0.2, 0.25) is 0 Å². The number of nitrogens with one attached hydrogen (secondary N) is 2. The molecule has 13 N–H and O–H groups in total. The van der Waals surface area contributed by atoms with Gasteiger partial charge in [-0.25, -0.2) is 0 Å². The fourth-order valence-electron chi connectivity index (χ4n) is 13.4. The number of carbonyl (C=O) groups excluding carboxylic acids is 5. The van der Waals surface area contributed by atoms with Gasteiger partial charge >= 0.3 is 5.97 Å². The first-order valence-corrected chi connectivity index (χ1v) is 35.0. The van der Waals surface area contributed by atoms with E-state index in [2.05, 4.69) is 15.5 Å². The van der Waals surface area contributed by atoms with Crippen molar-refractivity contribution in [1.82, 2.24) is 20.0 Å². The second kappa shape index (κ2) is 41.9. The predicted molar refractivity (Wildman–Crippen MR) is 366 cm³/mol. The molecule has 2 amide bonds. The Balaban J connectivity index is 1.23. The van der Waals surface area contributed by atoms with E-state index in [1.54, 1.807) is 122 Å². The van der Waals surface area contributed by atoms with Gasteiger partial charge in [-0.1, -0.05) is 105 Å². The number of fused-ring (bicyclic) bond motifs is 2. The summed E-state index contributed by atoms with van der Waals surface area (Å²) in [5, 5.41) is 129. The van der Waals surface area contributed by atoms with Crippen molar-refractivity contribution in [3.63, 3.8) is 0 Å². The Morgan fingerprint density at radius 3 is 1.88 bits per heavy atom. The van der Waals surface area contributed by atoms with E-state index in [9.17, 15) is 80.1 Å². The van der Waals surface area contributed by atoms with Crippen LogP contribution in [0.4, 0.5) is 5.69 Å². The number of rotatable bonds is 17. The van der Waals surface area contributed by atoms with Gasteiger partial charge in [-0.15, -0.1) is 0 Å². The third kappa shape index (κ3) is 27.7. The molecule has 14 unspecified atom stereocenters. The quantitative estimate of drug-likeness (QED) is 0.0788. The van der Waals surface area contributed by atoms with E-state index in [0.29, 0.717) is 38.2 Å². The van der Waals surface area contributed by atoms with Crippen LogP contribution in [-0.2, 0) is 38.1 Å². The molecular weight excluding hydrogens is 1270 g/mol. The summed E-state index contributed by atoms with van der Waals surface area (Å²) in [5.74, 6) is -6.90. The molecular formula is C73H111N5O20. The minimum atomic E-state index is -2.34. The van der Waals surface area contributed by atoms with Gasteiger partial charge in [-0.3, -0.25) is 28.9 Å². The lowest BCUT2D eigenvalue weighted by molar-refractivity contribution is -0.308. The number of hydrogen-bond acceptors (Lipinski definition) is 23. The summed E-state index contributed by atoms with van der Waals surface area (Å²) in [6, 6.07) is 5.70. The number of β-amino-alcohol motifs (C(OH)–C–C–N with tert-alkyl or cyclic N) is 1. The third-order valence-electron chi connectivity index (χ3n) is 18.8. The molecule has 0 aliphatic carbocycles. The van der Waals surface area contributed by atoms with Crippen molar-refractivity contribution in [2.45, 2.75) is 221 Å². The predicted octanol–water partition coefficient (Wildman–Crippen LogP) is 2.83. The minimum Gasteiger partial charge on any atom is -0.461 e. The Kier molecular flexibility index (Phi) is 34.8. The summed E-state index contributed by atoms with van der Waals surface area (Å²) in [7, 11) is 1.77. The van der Waals surface area contributed by atoms with E-state index in [-0.39, 0.29) is 68.9 Å². The van der Waals surface area contributed by atoms with Gasteiger partial charge in [0.25, 0.3) is 0 Å². The molecule has 1 aromatic rings. The largest absolute Gasteiger partial charge is 0.461 e. The van der Waals surface area contributed by atoms with Crippen molar-refractivity contribution >= 4 is 35.0 Å². The first-order chi connectivity index (χ1) is 46.8. The normalized spacial score (nSPS) is 35.5. The van der Waals surface area contributed by atoms with Crippen molar-refractivity contribution in [2.24, 2.45) is 17.8 Å². The van der Waals surface area contributed by atoms with Crippen LogP contribution >= 0.6 is 0 Å². The smallest absolute Gasteiger partial charge is 0.308 e. The molecule has 19 atom stereocenters.